The summed E-state index contributed by atoms with van der Waals surface area (Å²) in [4.78, 5) is 5.30. The standard InChI is InChI=1S/C72H65BN4/c1-69(2,3)47-29-34-59-53(39-47)54-40-48(70(4,5)6)30-35-60(54)74(59)50-42-63-66-64(43-50)77-57-25-18-17-24-51(57)67-68(77)73(66)65-61(75(67)49-31-32-55-56(41-49)72(9,10)37-36-71(55,7)8)26-19-27-62(65)76(63)58-33-28-46(44-20-13-11-14-21-44)38-52(58)45-22-15-12-16-23-45/h11-35,38-43H,36-37H2,1-10H3. The summed E-state index contributed by atoms with van der Waals surface area (Å²) < 4.78 is 5.24. The van der Waals surface area contributed by atoms with Crippen molar-refractivity contribution < 1.29 is 0 Å². The van der Waals surface area contributed by atoms with Crippen molar-refractivity contribution in [2.75, 3.05) is 9.80 Å². The lowest BCUT2D eigenvalue weighted by molar-refractivity contribution is 0.332. The van der Waals surface area contributed by atoms with E-state index in [9.17, 15) is 0 Å². The van der Waals surface area contributed by atoms with Crippen LogP contribution in [-0.4, -0.2) is 15.8 Å². The second kappa shape index (κ2) is 15.8. The van der Waals surface area contributed by atoms with Crippen molar-refractivity contribution in [1.29, 1.82) is 0 Å². The highest BCUT2D eigenvalue weighted by Gasteiger charge is 2.52. The predicted molar refractivity (Wildman–Crippen MR) is 329 cm³/mol. The minimum atomic E-state index is -0.00803. The van der Waals surface area contributed by atoms with Gasteiger partial charge in [-0.1, -0.05) is 178 Å². The predicted octanol–water partition coefficient (Wildman–Crippen LogP) is 17.4. The number of benzene rings is 9. The Morgan fingerprint density at radius 1 is 0.390 bits per heavy atom. The second-order valence-corrected chi connectivity index (χ2v) is 26.1. The normalized spacial score (nSPS) is 15.7. The number of para-hydroxylation sites is 1. The molecular weight excluding hydrogens is 932 g/mol. The molecule has 77 heavy (non-hydrogen) atoms. The fraction of sp³-hybridized carbons (Fsp3) is 0.222. The van der Waals surface area contributed by atoms with Gasteiger partial charge in [-0.2, -0.15) is 0 Å². The summed E-state index contributed by atoms with van der Waals surface area (Å²) in [6.07, 6.45) is 2.34. The molecule has 5 heterocycles. The molecule has 9 aromatic carbocycles. The van der Waals surface area contributed by atoms with Gasteiger partial charge in [0.1, 0.15) is 0 Å². The molecule has 0 atom stereocenters. The molecule has 4 nitrogen and oxygen atoms in total. The average Bonchev–Trinajstić information content (AvgIpc) is 3.59. The maximum Gasteiger partial charge on any atom is 0.275 e. The molecule has 0 saturated carbocycles. The molecule has 15 rings (SSSR count). The van der Waals surface area contributed by atoms with E-state index in [4.69, 9.17) is 0 Å². The van der Waals surface area contributed by atoms with E-state index in [0.29, 0.717) is 0 Å². The Labute approximate surface area is 454 Å². The van der Waals surface area contributed by atoms with Crippen LogP contribution in [0.25, 0.3) is 66.3 Å². The van der Waals surface area contributed by atoms with Crippen LogP contribution in [0.2, 0.25) is 0 Å². The number of nitrogens with zero attached hydrogens (tertiary/aromatic N) is 4. The minimum absolute atomic E-state index is 0.00803. The number of rotatable bonds is 5. The SMILES string of the molecule is CC(C)(C)c1ccc2c(c1)c1cc(C(C)(C)C)ccc1n2-c1cc2c3c(c1)-n1c4c(c5ccccc51)N(c1ccc5c(c1)C(C)(C)CCC5(C)C)c1cccc(c1B34)N2c1ccc(-c2ccccc2)cc1-c1ccccc1. The van der Waals surface area contributed by atoms with Gasteiger partial charge in [0.15, 0.2) is 0 Å². The molecule has 0 N–H and O–H groups in total. The Morgan fingerprint density at radius 3 is 1.62 bits per heavy atom. The van der Waals surface area contributed by atoms with E-state index >= 15 is 0 Å². The van der Waals surface area contributed by atoms with Crippen molar-refractivity contribution in [3.05, 3.63) is 210 Å². The molecule has 0 saturated heterocycles. The van der Waals surface area contributed by atoms with Gasteiger partial charge in [-0.05, 0) is 163 Å². The number of hydrogen-bond donors (Lipinski definition) is 0. The summed E-state index contributed by atoms with van der Waals surface area (Å²) >= 11 is 0. The Bertz CT molecular complexity index is 4240. The van der Waals surface area contributed by atoms with Crippen LogP contribution in [0, 0.1) is 0 Å². The van der Waals surface area contributed by atoms with Crippen molar-refractivity contribution in [3.63, 3.8) is 0 Å². The lowest BCUT2D eigenvalue weighted by Crippen LogP contribution is -2.59. The first kappa shape index (κ1) is 46.3. The van der Waals surface area contributed by atoms with Crippen LogP contribution in [-0.2, 0) is 21.7 Å². The first-order valence-electron chi connectivity index (χ1n) is 28.0. The quantitative estimate of drug-likeness (QED) is 0.160. The van der Waals surface area contributed by atoms with Gasteiger partial charge in [0.25, 0.3) is 6.71 Å². The third-order valence-corrected chi connectivity index (χ3v) is 18.4. The molecule has 4 aliphatic rings. The summed E-state index contributed by atoms with van der Waals surface area (Å²) in [5.74, 6) is 0. The van der Waals surface area contributed by atoms with Crippen molar-refractivity contribution in [2.24, 2.45) is 0 Å². The lowest BCUT2D eigenvalue weighted by atomic mass is 9.36. The third-order valence-electron chi connectivity index (χ3n) is 18.4. The van der Waals surface area contributed by atoms with Crippen LogP contribution in [0.15, 0.2) is 188 Å². The lowest BCUT2D eigenvalue weighted by Gasteiger charge is -2.44. The molecule has 376 valence electrons. The van der Waals surface area contributed by atoms with E-state index in [0.717, 1.165) is 17.8 Å². The van der Waals surface area contributed by atoms with Gasteiger partial charge in [-0.3, -0.25) is 0 Å². The van der Waals surface area contributed by atoms with Crippen molar-refractivity contribution in [2.45, 2.75) is 104 Å². The molecule has 0 fully saturated rings. The molecule has 0 spiro atoms. The van der Waals surface area contributed by atoms with E-state index < -0.39 is 0 Å². The molecule has 5 heteroatoms. The van der Waals surface area contributed by atoms with Crippen LogP contribution >= 0.6 is 0 Å². The number of hydrogen-bond acceptors (Lipinski definition) is 2. The van der Waals surface area contributed by atoms with E-state index in [1.165, 1.54) is 134 Å². The molecule has 1 aliphatic carbocycles. The fourth-order valence-electron chi connectivity index (χ4n) is 14.2. The van der Waals surface area contributed by atoms with Crippen molar-refractivity contribution in [3.8, 4) is 33.6 Å². The number of fused-ring (bicyclic) bond motifs is 8. The van der Waals surface area contributed by atoms with E-state index in [-0.39, 0.29) is 28.4 Å². The monoisotopic (exact) mass is 997 g/mol. The largest absolute Gasteiger partial charge is 0.320 e. The zero-order chi connectivity index (χ0) is 52.7. The van der Waals surface area contributed by atoms with Gasteiger partial charge >= 0.3 is 0 Å². The first-order valence-corrected chi connectivity index (χ1v) is 28.0. The van der Waals surface area contributed by atoms with Crippen LogP contribution in [0.3, 0.4) is 0 Å². The van der Waals surface area contributed by atoms with Gasteiger partial charge in [-0.15, -0.1) is 0 Å². The Hall–Kier alpha value is -8.02. The van der Waals surface area contributed by atoms with Gasteiger partial charge < -0.3 is 18.9 Å². The average molecular weight is 997 g/mol. The van der Waals surface area contributed by atoms with E-state index in [1.54, 1.807) is 0 Å². The second-order valence-electron chi connectivity index (χ2n) is 26.1. The highest BCUT2D eigenvalue weighted by molar-refractivity contribution is 7.02. The zero-order valence-electron chi connectivity index (χ0n) is 46.2. The number of aromatic nitrogens is 2. The van der Waals surface area contributed by atoms with Gasteiger partial charge in [-0.25, -0.2) is 0 Å². The fourth-order valence-corrected chi connectivity index (χ4v) is 14.2. The van der Waals surface area contributed by atoms with Crippen LogP contribution in [0.5, 0.6) is 0 Å². The summed E-state index contributed by atoms with van der Waals surface area (Å²) in [5, 5.41) is 3.86. The van der Waals surface area contributed by atoms with Crippen LogP contribution in [0.1, 0.15) is 104 Å². The molecule has 0 radical (unpaired) electrons. The molecule has 0 amide bonds. The molecule has 0 bridgehead atoms. The Balaban J connectivity index is 1.08. The number of anilines is 6. The highest BCUT2D eigenvalue weighted by atomic mass is 15.2. The van der Waals surface area contributed by atoms with Crippen molar-refractivity contribution >= 4 is 90.1 Å². The van der Waals surface area contributed by atoms with E-state index in [1.807, 2.05) is 0 Å². The van der Waals surface area contributed by atoms with Crippen molar-refractivity contribution in [1.82, 2.24) is 9.13 Å². The van der Waals surface area contributed by atoms with Gasteiger partial charge in [0, 0.05) is 55.8 Å². The van der Waals surface area contributed by atoms with E-state index in [2.05, 4.69) is 276 Å². The van der Waals surface area contributed by atoms with Gasteiger partial charge in [0.2, 0.25) is 0 Å². The Kier molecular flexibility index (Phi) is 9.50. The van der Waals surface area contributed by atoms with Gasteiger partial charge in [0.05, 0.1) is 33.6 Å². The Morgan fingerprint density at radius 2 is 0.961 bits per heavy atom. The summed E-state index contributed by atoms with van der Waals surface area (Å²) in [5.41, 5.74) is 28.0. The minimum Gasteiger partial charge on any atom is -0.320 e. The summed E-state index contributed by atoms with van der Waals surface area (Å²) in [6.45, 7) is 23.8. The molecule has 3 aliphatic heterocycles. The first-order chi connectivity index (χ1) is 37.0. The maximum absolute atomic E-state index is 2.67. The van der Waals surface area contributed by atoms with Crippen LogP contribution in [0.4, 0.5) is 34.1 Å². The third kappa shape index (κ3) is 6.59. The molecule has 2 aromatic heterocycles. The summed E-state index contributed by atoms with van der Waals surface area (Å²) in [7, 11) is 0. The topological polar surface area (TPSA) is 16.3 Å². The molecular formula is C72H65BN4. The molecule has 0 unspecified atom stereocenters. The van der Waals surface area contributed by atoms with Crippen LogP contribution < -0.4 is 26.3 Å². The molecule has 11 aromatic rings. The smallest absolute Gasteiger partial charge is 0.275 e. The summed E-state index contributed by atoms with van der Waals surface area (Å²) in [6, 6.07) is 72.4. The highest BCUT2D eigenvalue weighted by Crippen LogP contribution is 2.54. The maximum atomic E-state index is 2.67. The zero-order valence-corrected chi connectivity index (χ0v) is 46.2.